The number of carbonyl (C=O) groups excluding carboxylic acids is 2. The molecule has 0 amide bonds. The molecule has 0 spiro atoms. The van der Waals surface area contributed by atoms with Crippen LogP contribution in [0.15, 0.2) is 24.3 Å². The van der Waals surface area contributed by atoms with Gasteiger partial charge in [-0.15, -0.1) is 0 Å². The van der Waals surface area contributed by atoms with Crippen molar-refractivity contribution in [2.75, 3.05) is 26.4 Å². The molecule has 2 aliphatic rings. The first-order valence-corrected chi connectivity index (χ1v) is 31.9. The van der Waals surface area contributed by atoms with Crippen LogP contribution >= 0.6 is 0 Å². The Balaban J connectivity index is 1.71. The van der Waals surface area contributed by atoms with Crippen LogP contribution in [0.25, 0.3) is 0 Å². The largest absolute Gasteiger partial charge is 0.462 e. The first-order valence-electron chi connectivity index (χ1n) is 31.9. The molecule has 458 valence electrons. The number of rotatable bonds is 52. The van der Waals surface area contributed by atoms with Gasteiger partial charge < -0.3 is 64.2 Å². The molecule has 0 aromatic rings. The van der Waals surface area contributed by atoms with Gasteiger partial charge in [-0.2, -0.15) is 0 Å². The average molecular weight is 1110 g/mol. The summed E-state index contributed by atoms with van der Waals surface area (Å²) < 4.78 is 33.8. The van der Waals surface area contributed by atoms with Gasteiger partial charge in [-0.05, 0) is 44.9 Å². The Bertz CT molecular complexity index is 1450. The lowest BCUT2D eigenvalue weighted by Gasteiger charge is -2.42. The first kappa shape index (κ1) is 72.1. The van der Waals surface area contributed by atoms with Crippen LogP contribution < -0.4 is 0 Å². The van der Waals surface area contributed by atoms with E-state index in [0.29, 0.717) is 12.8 Å². The Labute approximate surface area is 473 Å². The number of carbonyl (C=O) groups is 2. The number of hydrogen-bond acceptors (Lipinski definition) is 15. The fraction of sp³-hybridized carbons (Fsp3) is 0.905. The van der Waals surface area contributed by atoms with Gasteiger partial charge in [0.2, 0.25) is 0 Å². The molecule has 2 fully saturated rings. The fourth-order valence-corrected chi connectivity index (χ4v) is 10.3. The molecule has 2 heterocycles. The van der Waals surface area contributed by atoms with Gasteiger partial charge in [0.1, 0.15) is 55.4 Å². The minimum absolute atomic E-state index is 0.164. The Morgan fingerprint density at radius 2 is 0.769 bits per heavy atom. The second-order valence-electron chi connectivity index (χ2n) is 22.6. The molecule has 0 aliphatic carbocycles. The first-order chi connectivity index (χ1) is 38.0. The van der Waals surface area contributed by atoms with E-state index in [1.54, 1.807) is 0 Å². The minimum atomic E-state index is -1.76. The molecule has 0 aromatic heterocycles. The highest BCUT2D eigenvalue weighted by atomic mass is 16.7. The van der Waals surface area contributed by atoms with E-state index in [1.165, 1.54) is 173 Å². The van der Waals surface area contributed by atoms with Crippen molar-refractivity contribution in [2.45, 2.75) is 338 Å². The molecule has 0 saturated carbocycles. The summed E-state index contributed by atoms with van der Waals surface area (Å²) in [5.41, 5.74) is 0. The third kappa shape index (κ3) is 35.8. The average Bonchev–Trinajstić information content (AvgIpc) is 3.44. The smallest absolute Gasteiger partial charge is 0.306 e. The monoisotopic (exact) mass is 1110 g/mol. The van der Waals surface area contributed by atoms with E-state index in [2.05, 4.69) is 38.2 Å². The topological polar surface area (TPSA) is 231 Å². The van der Waals surface area contributed by atoms with Crippen molar-refractivity contribution >= 4 is 11.9 Å². The molecule has 2 aliphatic heterocycles. The van der Waals surface area contributed by atoms with Gasteiger partial charge in [0.25, 0.3) is 0 Å². The summed E-state index contributed by atoms with van der Waals surface area (Å²) in [6, 6.07) is 0. The summed E-state index contributed by atoms with van der Waals surface area (Å²) in [6.45, 7) is 2.64. The van der Waals surface area contributed by atoms with Gasteiger partial charge in [-0.25, -0.2) is 0 Å². The fourth-order valence-electron chi connectivity index (χ4n) is 10.3. The highest BCUT2D eigenvalue weighted by molar-refractivity contribution is 5.70. The van der Waals surface area contributed by atoms with E-state index in [4.69, 9.17) is 28.4 Å². The Morgan fingerprint density at radius 1 is 0.410 bits per heavy atom. The van der Waals surface area contributed by atoms with Crippen LogP contribution in [-0.2, 0) is 38.0 Å². The molecule has 78 heavy (non-hydrogen) atoms. The van der Waals surface area contributed by atoms with Crippen molar-refractivity contribution in [2.24, 2.45) is 0 Å². The minimum Gasteiger partial charge on any atom is -0.462 e. The second-order valence-corrected chi connectivity index (χ2v) is 22.6. The number of aliphatic hydroxyl groups excluding tert-OH is 7. The predicted octanol–water partition coefficient (Wildman–Crippen LogP) is 11.8. The van der Waals surface area contributed by atoms with E-state index in [9.17, 15) is 45.3 Å². The maximum absolute atomic E-state index is 13.1. The number of aliphatic hydroxyl groups is 7. The van der Waals surface area contributed by atoms with Gasteiger partial charge in [0, 0.05) is 12.8 Å². The Morgan fingerprint density at radius 3 is 1.19 bits per heavy atom. The van der Waals surface area contributed by atoms with Gasteiger partial charge in [-0.3, -0.25) is 9.59 Å². The predicted molar refractivity (Wildman–Crippen MR) is 307 cm³/mol. The van der Waals surface area contributed by atoms with Crippen LogP contribution in [-0.4, -0.2) is 142 Å². The lowest BCUT2D eigenvalue weighted by Crippen LogP contribution is -2.61. The third-order valence-corrected chi connectivity index (χ3v) is 15.4. The molecule has 7 N–H and O–H groups in total. The number of hydrogen-bond donors (Lipinski definition) is 7. The normalized spacial score (nSPS) is 24.1. The highest BCUT2D eigenvalue weighted by Crippen LogP contribution is 2.27. The quantitative estimate of drug-likeness (QED) is 0.0171. The molecule has 0 aromatic carbocycles. The van der Waals surface area contributed by atoms with E-state index in [0.717, 1.165) is 57.8 Å². The molecule has 15 heteroatoms. The zero-order valence-electron chi connectivity index (χ0n) is 49.2. The van der Waals surface area contributed by atoms with E-state index in [-0.39, 0.29) is 26.1 Å². The maximum atomic E-state index is 13.1. The molecular formula is C63H116O15. The number of unbranched alkanes of at least 4 members (excludes halogenated alkanes) is 34. The summed E-state index contributed by atoms with van der Waals surface area (Å²) in [6.07, 6.45) is 39.1. The standard InChI is InChI=1S/C63H116O15/c1-3-5-7-9-11-13-15-17-19-21-23-25-27-29-31-33-35-37-39-41-43-45-54(65)73-48-51(49-74-62-61(72)59(70)57(68)53(78-62)50-75-63-60(71)58(69)56(67)52(47-64)77-63)76-55(66)46-44-42-40-38-36-34-32-30-28-26-24-22-20-18-16-14-12-10-8-6-4-2/h16,18,22,24,51-53,56-64,67-72H,3-15,17,19-21,23,25-50H2,1-2H3/b18-16-,24-22-. The van der Waals surface area contributed by atoms with Gasteiger partial charge in [0.05, 0.1) is 19.8 Å². The Hall–Kier alpha value is -2.02. The molecule has 0 radical (unpaired) electrons. The van der Waals surface area contributed by atoms with Crippen molar-refractivity contribution < 1.29 is 73.8 Å². The van der Waals surface area contributed by atoms with E-state index < -0.39 is 92.7 Å². The van der Waals surface area contributed by atoms with Crippen molar-refractivity contribution in [3.05, 3.63) is 24.3 Å². The Kier molecular flexibility index (Phi) is 45.8. The number of esters is 2. The number of ether oxygens (including phenoxy) is 6. The van der Waals surface area contributed by atoms with Crippen LogP contribution in [0.5, 0.6) is 0 Å². The maximum Gasteiger partial charge on any atom is 0.306 e. The number of allylic oxidation sites excluding steroid dienone is 4. The van der Waals surface area contributed by atoms with Gasteiger partial charge in [-0.1, -0.05) is 237 Å². The molecule has 11 atom stereocenters. The zero-order valence-corrected chi connectivity index (χ0v) is 49.2. The van der Waals surface area contributed by atoms with Crippen LogP contribution in [0.2, 0.25) is 0 Å². The van der Waals surface area contributed by atoms with Crippen LogP contribution in [0.3, 0.4) is 0 Å². The summed E-state index contributed by atoms with van der Waals surface area (Å²) in [5, 5.41) is 72.4. The SMILES string of the molecule is CCCCCCC/C=C\C/C=C\CCCCCCCCCCCC(=O)OC(COC(=O)CCCCCCCCCCCCCCCCCCCCCCC)COC1OC(COC2OC(CO)C(O)C(O)C2O)C(O)C(O)C1O. The van der Waals surface area contributed by atoms with Crippen molar-refractivity contribution in [1.29, 1.82) is 0 Å². The van der Waals surface area contributed by atoms with Gasteiger partial charge >= 0.3 is 11.9 Å². The third-order valence-electron chi connectivity index (χ3n) is 15.4. The highest BCUT2D eigenvalue weighted by Gasteiger charge is 2.47. The van der Waals surface area contributed by atoms with Crippen molar-refractivity contribution in [3.8, 4) is 0 Å². The molecular weight excluding hydrogens is 997 g/mol. The second kappa shape index (κ2) is 49.6. The lowest BCUT2D eigenvalue weighted by atomic mass is 9.98. The lowest BCUT2D eigenvalue weighted by molar-refractivity contribution is -0.332. The molecule has 0 bridgehead atoms. The summed E-state index contributed by atoms with van der Waals surface area (Å²) >= 11 is 0. The van der Waals surface area contributed by atoms with E-state index in [1.807, 2.05) is 0 Å². The van der Waals surface area contributed by atoms with Crippen LogP contribution in [0.4, 0.5) is 0 Å². The molecule has 2 saturated heterocycles. The van der Waals surface area contributed by atoms with Crippen LogP contribution in [0.1, 0.15) is 271 Å². The molecule has 2 rings (SSSR count). The van der Waals surface area contributed by atoms with E-state index >= 15 is 0 Å². The van der Waals surface area contributed by atoms with Crippen molar-refractivity contribution in [3.63, 3.8) is 0 Å². The summed E-state index contributed by atoms with van der Waals surface area (Å²) in [7, 11) is 0. The summed E-state index contributed by atoms with van der Waals surface area (Å²) in [5.74, 6) is -0.913. The van der Waals surface area contributed by atoms with Gasteiger partial charge in [0.15, 0.2) is 18.7 Å². The summed E-state index contributed by atoms with van der Waals surface area (Å²) in [4.78, 5) is 26.0. The molecule has 15 nitrogen and oxygen atoms in total. The zero-order chi connectivity index (χ0) is 56.7. The van der Waals surface area contributed by atoms with Crippen molar-refractivity contribution in [1.82, 2.24) is 0 Å². The van der Waals surface area contributed by atoms with Crippen LogP contribution in [0, 0.1) is 0 Å². The molecule has 11 unspecified atom stereocenters.